The van der Waals surface area contributed by atoms with Crippen LogP contribution in [-0.4, -0.2) is 55.9 Å². The van der Waals surface area contributed by atoms with Crippen LogP contribution in [0, 0.1) is 5.92 Å². The Bertz CT molecular complexity index is 1290. The van der Waals surface area contributed by atoms with Gasteiger partial charge in [-0.25, -0.2) is 14.7 Å². The van der Waals surface area contributed by atoms with E-state index in [0.717, 1.165) is 18.4 Å². The van der Waals surface area contributed by atoms with E-state index >= 15 is 0 Å². The highest BCUT2D eigenvalue weighted by Gasteiger charge is 2.54. The number of hydrogen-bond donors (Lipinski definition) is 4. The second-order valence-corrected chi connectivity index (χ2v) is 8.65. The maximum Gasteiger partial charge on any atom is 0.411 e. The number of carboxylic acid groups (broad SMARTS) is 1. The van der Waals surface area contributed by atoms with Crippen LogP contribution in [0.3, 0.4) is 0 Å². The fourth-order valence-corrected chi connectivity index (χ4v) is 5.05. The Morgan fingerprint density at radius 1 is 1.41 bits per heavy atom. The van der Waals surface area contributed by atoms with E-state index in [2.05, 4.69) is 15.2 Å². The molecular formula is C22H23N5O5. The molecule has 1 saturated heterocycles. The van der Waals surface area contributed by atoms with Crippen LogP contribution >= 0.6 is 0 Å². The van der Waals surface area contributed by atoms with Crippen molar-refractivity contribution < 1.29 is 19.4 Å². The third-order valence-corrected chi connectivity index (χ3v) is 6.60. The molecule has 5 rings (SSSR count). The van der Waals surface area contributed by atoms with Gasteiger partial charge in [-0.05, 0) is 37.8 Å². The summed E-state index contributed by atoms with van der Waals surface area (Å²) < 4.78 is 5.71. The van der Waals surface area contributed by atoms with Crippen LogP contribution < -0.4 is 11.3 Å². The normalized spacial score (nSPS) is 23.4. The number of carbonyl (C=O) groups is 2. The largest absolute Gasteiger partial charge is 0.477 e. The average molecular weight is 437 g/mol. The second kappa shape index (κ2) is 7.20. The number of amides is 1. The van der Waals surface area contributed by atoms with E-state index in [4.69, 9.17) is 10.5 Å². The summed E-state index contributed by atoms with van der Waals surface area (Å²) in [7, 11) is 0. The van der Waals surface area contributed by atoms with Crippen LogP contribution in [0.1, 0.15) is 41.9 Å². The minimum atomic E-state index is -1.16. The highest BCUT2D eigenvalue weighted by Crippen LogP contribution is 2.47. The number of carboxylic acids is 1. The lowest BCUT2D eigenvalue weighted by Gasteiger charge is -2.42. The van der Waals surface area contributed by atoms with Crippen molar-refractivity contribution in [3.05, 3.63) is 52.1 Å². The van der Waals surface area contributed by atoms with E-state index in [0.29, 0.717) is 41.0 Å². The van der Waals surface area contributed by atoms with Crippen molar-refractivity contribution in [2.45, 2.75) is 31.4 Å². The van der Waals surface area contributed by atoms with Gasteiger partial charge < -0.3 is 20.6 Å². The highest BCUT2D eigenvalue weighted by molar-refractivity contribution is 6.08. The summed E-state index contributed by atoms with van der Waals surface area (Å²) in [6.07, 6.45) is 2.55. The number of ether oxygens (including phenoxy) is 1. The van der Waals surface area contributed by atoms with Gasteiger partial charge in [0.2, 0.25) is 0 Å². The van der Waals surface area contributed by atoms with Gasteiger partial charge in [0.15, 0.2) is 0 Å². The van der Waals surface area contributed by atoms with Crippen LogP contribution in [0.4, 0.5) is 4.79 Å². The Kier molecular flexibility index (Phi) is 4.55. The third-order valence-electron chi connectivity index (χ3n) is 6.60. The Morgan fingerprint density at radius 2 is 2.19 bits per heavy atom. The van der Waals surface area contributed by atoms with Crippen LogP contribution in [-0.2, 0) is 4.74 Å². The number of rotatable bonds is 5. The maximum absolute atomic E-state index is 12.7. The van der Waals surface area contributed by atoms with Gasteiger partial charge in [-0.3, -0.25) is 9.69 Å². The van der Waals surface area contributed by atoms with E-state index in [-0.39, 0.29) is 17.8 Å². The lowest BCUT2D eigenvalue weighted by molar-refractivity contribution is -0.0439. The van der Waals surface area contributed by atoms with Gasteiger partial charge in [0, 0.05) is 22.6 Å². The predicted octanol–water partition coefficient (Wildman–Crippen LogP) is 2.24. The molecular weight excluding hydrogens is 414 g/mol. The summed E-state index contributed by atoms with van der Waals surface area (Å²) in [5, 5.41) is 16.5. The van der Waals surface area contributed by atoms with Crippen LogP contribution in [0.15, 0.2) is 35.3 Å². The summed E-state index contributed by atoms with van der Waals surface area (Å²) >= 11 is 0. The lowest BCUT2D eigenvalue weighted by atomic mass is 9.71. The van der Waals surface area contributed by atoms with Gasteiger partial charge in [-0.15, -0.1) is 0 Å². The molecule has 32 heavy (non-hydrogen) atoms. The zero-order chi connectivity index (χ0) is 22.6. The summed E-state index contributed by atoms with van der Waals surface area (Å²) in [6.45, 7) is 2.94. The molecule has 0 unspecified atom stereocenters. The number of aromatic amines is 2. The number of aromatic nitrogens is 3. The SMILES string of the molecule is C[C@@H](c1cccc2c(-c3cn[nH]c(=O)c3)c(C(=O)O)[nH]c12)N1CC2(CC(CN)C2)OC1=O. The Labute approximate surface area is 182 Å². The molecule has 1 aliphatic heterocycles. The quantitative estimate of drug-likeness (QED) is 0.477. The number of para-hydroxylation sites is 1. The first-order valence-corrected chi connectivity index (χ1v) is 10.4. The van der Waals surface area contributed by atoms with Crippen LogP contribution in [0.2, 0.25) is 0 Å². The van der Waals surface area contributed by atoms with E-state index in [9.17, 15) is 19.5 Å². The van der Waals surface area contributed by atoms with Crippen molar-refractivity contribution in [1.82, 2.24) is 20.1 Å². The molecule has 10 nitrogen and oxygen atoms in total. The van der Waals surface area contributed by atoms with Gasteiger partial charge >= 0.3 is 12.1 Å². The minimum Gasteiger partial charge on any atom is -0.477 e. The van der Waals surface area contributed by atoms with Gasteiger partial charge in [-0.1, -0.05) is 18.2 Å². The molecule has 10 heteroatoms. The number of H-pyrrole nitrogens is 2. The van der Waals surface area contributed by atoms with Crippen molar-refractivity contribution in [3.8, 4) is 11.1 Å². The lowest BCUT2D eigenvalue weighted by Crippen LogP contribution is -2.49. The van der Waals surface area contributed by atoms with Crippen LogP contribution in [0.25, 0.3) is 22.0 Å². The van der Waals surface area contributed by atoms with E-state index < -0.39 is 17.1 Å². The third kappa shape index (κ3) is 3.06. The molecule has 3 aromatic rings. The topological polar surface area (TPSA) is 154 Å². The van der Waals surface area contributed by atoms with Gasteiger partial charge in [0.25, 0.3) is 5.56 Å². The number of hydrogen-bond acceptors (Lipinski definition) is 6. The first-order valence-electron chi connectivity index (χ1n) is 10.4. The molecule has 2 aliphatic rings. The van der Waals surface area contributed by atoms with Gasteiger partial charge in [0.05, 0.1) is 24.3 Å². The molecule has 1 aliphatic carbocycles. The summed E-state index contributed by atoms with van der Waals surface area (Å²) in [6, 6.07) is 6.41. The molecule has 0 bridgehead atoms. The summed E-state index contributed by atoms with van der Waals surface area (Å²) in [4.78, 5) is 41.2. The van der Waals surface area contributed by atoms with Crippen molar-refractivity contribution in [2.75, 3.05) is 13.1 Å². The number of benzene rings is 1. The number of nitrogens with zero attached hydrogens (tertiary/aromatic N) is 2. The van der Waals surface area contributed by atoms with Crippen molar-refractivity contribution in [1.29, 1.82) is 0 Å². The van der Waals surface area contributed by atoms with Crippen LogP contribution in [0.5, 0.6) is 0 Å². The fourth-order valence-electron chi connectivity index (χ4n) is 5.05. The molecule has 5 N–H and O–H groups in total. The molecule has 1 amide bonds. The molecule has 3 heterocycles. The zero-order valence-electron chi connectivity index (χ0n) is 17.4. The first-order chi connectivity index (χ1) is 15.3. The second-order valence-electron chi connectivity index (χ2n) is 8.65. The molecule has 1 spiro atoms. The number of nitrogens with one attached hydrogen (secondary N) is 2. The monoisotopic (exact) mass is 437 g/mol. The molecule has 166 valence electrons. The molecule has 1 atom stereocenters. The maximum atomic E-state index is 12.7. The van der Waals surface area contributed by atoms with Gasteiger partial charge in [0.1, 0.15) is 11.3 Å². The Morgan fingerprint density at radius 3 is 2.88 bits per heavy atom. The molecule has 0 radical (unpaired) electrons. The number of carbonyl (C=O) groups excluding carboxylic acids is 1. The van der Waals surface area contributed by atoms with E-state index in [1.165, 1.54) is 12.3 Å². The first kappa shape index (κ1) is 20.3. The molecule has 1 aromatic carbocycles. The van der Waals surface area contributed by atoms with E-state index in [1.807, 2.05) is 19.1 Å². The van der Waals surface area contributed by atoms with Gasteiger partial charge in [-0.2, -0.15) is 5.10 Å². The van der Waals surface area contributed by atoms with E-state index in [1.54, 1.807) is 11.0 Å². The predicted molar refractivity (Wildman–Crippen MR) is 115 cm³/mol. The van der Waals surface area contributed by atoms with Crippen molar-refractivity contribution in [3.63, 3.8) is 0 Å². The minimum absolute atomic E-state index is 0.0442. The Balaban J connectivity index is 1.57. The molecule has 2 aromatic heterocycles. The average Bonchev–Trinajstić information content (AvgIpc) is 3.30. The summed E-state index contributed by atoms with van der Waals surface area (Å²) in [5.41, 5.74) is 6.91. The number of nitrogens with two attached hydrogens (primary N) is 1. The standard InChI is InChI=1S/C22H23N5O5/c1-11(27-10-22(32-21(27)31)6-12(7-22)8-23)14-3-2-4-15-17(13-5-16(28)26-24-9-13)19(20(29)30)25-18(14)15/h2-5,9,11-12,25H,6-8,10,23H2,1H3,(H,26,28)(H,29,30)/t11-,12?,22?/m0/s1. The smallest absolute Gasteiger partial charge is 0.411 e. The zero-order valence-corrected chi connectivity index (χ0v) is 17.4. The molecule has 2 fully saturated rings. The molecule has 1 saturated carbocycles. The number of aromatic carboxylic acids is 1. The highest BCUT2D eigenvalue weighted by atomic mass is 16.6. The number of fused-ring (bicyclic) bond motifs is 1. The van der Waals surface area contributed by atoms with Crippen molar-refractivity contribution in [2.24, 2.45) is 11.7 Å². The fraction of sp³-hybridized carbons (Fsp3) is 0.364. The summed E-state index contributed by atoms with van der Waals surface area (Å²) in [5.74, 6) is -0.787. The van der Waals surface area contributed by atoms with Crippen molar-refractivity contribution >= 4 is 23.0 Å². The Hall–Kier alpha value is -3.66.